The zero-order valence-corrected chi connectivity index (χ0v) is 12.2. The summed E-state index contributed by atoms with van der Waals surface area (Å²) >= 11 is 3.30. The minimum atomic E-state index is -0.752. The second-order valence-electron chi connectivity index (χ2n) is 4.25. The van der Waals surface area contributed by atoms with Crippen molar-refractivity contribution in [3.8, 4) is 0 Å². The third-order valence-corrected chi connectivity index (χ3v) is 3.48. The molecule has 0 aliphatic heterocycles. The van der Waals surface area contributed by atoms with Crippen LogP contribution < -0.4 is 11.1 Å². The van der Waals surface area contributed by atoms with Crippen LogP contribution in [0.25, 0.3) is 0 Å². The first-order valence-electron chi connectivity index (χ1n) is 5.64. The van der Waals surface area contributed by atoms with E-state index in [-0.39, 0.29) is 5.91 Å². The van der Waals surface area contributed by atoms with E-state index in [1.54, 1.807) is 30.3 Å². The average Bonchev–Trinajstić information content (AvgIpc) is 2.79. The van der Waals surface area contributed by atoms with Gasteiger partial charge in [0.2, 0.25) is 5.91 Å². The van der Waals surface area contributed by atoms with Crippen molar-refractivity contribution in [1.82, 2.24) is 14.8 Å². The molecule has 1 unspecified atom stereocenters. The molecule has 100 valence electrons. The molecule has 0 aliphatic carbocycles. The van der Waals surface area contributed by atoms with Gasteiger partial charge in [-0.2, -0.15) is 5.10 Å². The van der Waals surface area contributed by atoms with Crippen LogP contribution in [0, 0.1) is 6.92 Å². The molecule has 7 heteroatoms. The number of nitrogens with zero attached hydrogens (tertiary/aromatic N) is 3. The highest BCUT2D eigenvalue weighted by Gasteiger charge is 2.17. The molecule has 3 N–H and O–H groups in total. The van der Waals surface area contributed by atoms with Crippen molar-refractivity contribution < 1.29 is 4.79 Å². The number of nitrogens with one attached hydrogen (secondary N) is 1. The highest BCUT2D eigenvalue weighted by Crippen LogP contribution is 2.18. The molecule has 6 nitrogen and oxygen atoms in total. The smallest absolute Gasteiger partial charge is 0.246 e. The van der Waals surface area contributed by atoms with Gasteiger partial charge in [-0.15, -0.1) is 0 Å². The van der Waals surface area contributed by atoms with Crippen molar-refractivity contribution >= 4 is 27.5 Å². The number of rotatable bonds is 3. The number of pyridine rings is 1. The Morgan fingerprint density at radius 3 is 2.84 bits per heavy atom. The molecule has 0 aliphatic rings. The zero-order valence-electron chi connectivity index (χ0n) is 10.6. The lowest BCUT2D eigenvalue weighted by atomic mass is 10.1. The molecule has 0 saturated heterocycles. The van der Waals surface area contributed by atoms with Crippen LogP contribution in [0.2, 0.25) is 0 Å². The van der Waals surface area contributed by atoms with Crippen LogP contribution in [0.4, 0.5) is 5.69 Å². The maximum Gasteiger partial charge on any atom is 0.246 e. The molecular weight excluding hydrogens is 310 g/mol. The van der Waals surface area contributed by atoms with Crippen molar-refractivity contribution in [2.75, 3.05) is 5.32 Å². The number of hydrogen-bond acceptors (Lipinski definition) is 4. The van der Waals surface area contributed by atoms with E-state index in [0.29, 0.717) is 11.3 Å². The number of halogens is 1. The second kappa shape index (κ2) is 5.50. The molecule has 1 amide bonds. The molecule has 19 heavy (non-hydrogen) atoms. The Hall–Kier alpha value is -1.73. The van der Waals surface area contributed by atoms with Crippen molar-refractivity contribution in [1.29, 1.82) is 0 Å². The number of amides is 1. The number of carbonyl (C=O) groups is 1. The fourth-order valence-corrected chi connectivity index (χ4v) is 1.82. The molecule has 0 spiro atoms. The topological polar surface area (TPSA) is 85.8 Å². The number of aromatic nitrogens is 3. The second-order valence-corrected chi connectivity index (χ2v) is 5.00. The normalized spacial score (nSPS) is 12.2. The maximum absolute atomic E-state index is 12.0. The molecular formula is C12H14BrN5O. The van der Waals surface area contributed by atoms with Crippen LogP contribution in [-0.4, -0.2) is 20.7 Å². The summed E-state index contributed by atoms with van der Waals surface area (Å²) in [5.41, 5.74) is 8.09. The van der Waals surface area contributed by atoms with Gasteiger partial charge in [0, 0.05) is 18.8 Å². The van der Waals surface area contributed by atoms with E-state index in [9.17, 15) is 4.79 Å². The zero-order chi connectivity index (χ0) is 14.0. The summed E-state index contributed by atoms with van der Waals surface area (Å²) in [5, 5.41) is 6.72. The summed E-state index contributed by atoms with van der Waals surface area (Å²) < 4.78 is 2.36. The van der Waals surface area contributed by atoms with Gasteiger partial charge in [0.05, 0.1) is 18.1 Å². The van der Waals surface area contributed by atoms with Crippen molar-refractivity contribution in [2.24, 2.45) is 12.8 Å². The summed E-state index contributed by atoms with van der Waals surface area (Å²) in [4.78, 5) is 16.1. The molecule has 0 bridgehead atoms. The Labute approximate surface area is 119 Å². The molecule has 0 fully saturated rings. The SMILES string of the molecule is Cc1cc(NC(=O)C(N)c2cnn(C)c2)cnc1Br. The van der Waals surface area contributed by atoms with Crippen LogP contribution in [0.15, 0.2) is 29.3 Å². The van der Waals surface area contributed by atoms with E-state index >= 15 is 0 Å². The van der Waals surface area contributed by atoms with Gasteiger partial charge in [-0.25, -0.2) is 4.98 Å². The van der Waals surface area contributed by atoms with E-state index in [2.05, 4.69) is 31.3 Å². The van der Waals surface area contributed by atoms with E-state index in [1.165, 1.54) is 0 Å². The van der Waals surface area contributed by atoms with E-state index in [1.807, 2.05) is 13.0 Å². The minimum absolute atomic E-state index is 0.295. The largest absolute Gasteiger partial charge is 0.323 e. The number of anilines is 1. The van der Waals surface area contributed by atoms with Crippen molar-refractivity contribution in [2.45, 2.75) is 13.0 Å². The van der Waals surface area contributed by atoms with E-state index in [4.69, 9.17) is 5.73 Å². The van der Waals surface area contributed by atoms with Crippen molar-refractivity contribution in [3.63, 3.8) is 0 Å². The first-order chi connectivity index (χ1) is 8.97. The van der Waals surface area contributed by atoms with Crippen LogP contribution >= 0.6 is 15.9 Å². The Bertz CT molecular complexity index is 610. The predicted octanol–water partition coefficient (Wildman–Crippen LogP) is 1.52. The van der Waals surface area contributed by atoms with Gasteiger partial charge in [-0.3, -0.25) is 9.48 Å². The van der Waals surface area contributed by atoms with Gasteiger partial charge >= 0.3 is 0 Å². The minimum Gasteiger partial charge on any atom is -0.323 e. The first kappa shape index (κ1) is 13.7. The van der Waals surface area contributed by atoms with Crippen LogP contribution in [-0.2, 0) is 11.8 Å². The summed E-state index contributed by atoms with van der Waals surface area (Å²) in [6.07, 6.45) is 4.87. The van der Waals surface area contributed by atoms with Crippen LogP contribution in [0.1, 0.15) is 17.2 Å². The van der Waals surface area contributed by atoms with Gasteiger partial charge < -0.3 is 11.1 Å². The third kappa shape index (κ3) is 3.18. The number of carbonyl (C=O) groups excluding carboxylic acids is 1. The molecule has 2 rings (SSSR count). The Kier molecular flexibility index (Phi) is 3.96. The fraction of sp³-hybridized carbons (Fsp3) is 0.250. The van der Waals surface area contributed by atoms with Crippen LogP contribution in [0.5, 0.6) is 0 Å². The summed E-state index contributed by atoms with van der Waals surface area (Å²) in [5.74, 6) is -0.295. The summed E-state index contributed by atoms with van der Waals surface area (Å²) in [6.45, 7) is 1.90. The van der Waals surface area contributed by atoms with Gasteiger partial charge in [0.25, 0.3) is 0 Å². The van der Waals surface area contributed by atoms with Crippen molar-refractivity contribution in [3.05, 3.63) is 40.4 Å². The Morgan fingerprint density at radius 2 is 2.26 bits per heavy atom. The quantitative estimate of drug-likeness (QED) is 0.838. The average molecular weight is 324 g/mol. The molecule has 0 saturated carbocycles. The van der Waals surface area contributed by atoms with Gasteiger partial charge in [-0.1, -0.05) is 0 Å². The molecule has 1 atom stereocenters. The van der Waals surface area contributed by atoms with E-state index < -0.39 is 6.04 Å². The predicted molar refractivity (Wildman–Crippen MR) is 75.4 cm³/mol. The molecule has 2 heterocycles. The lowest BCUT2D eigenvalue weighted by Gasteiger charge is -2.11. The molecule has 0 aromatic carbocycles. The highest BCUT2D eigenvalue weighted by atomic mass is 79.9. The summed E-state index contributed by atoms with van der Waals surface area (Å²) in [7, 11) is 1.77. The van der Waals surface area contributed by atoms with Gasteiger partial charge in [-0.05, 0) is 34.5 Å². The first-order valence-corrected chi connectivity index (χ1v) is 6.44. The Morgan fingerprint density at radius 1 is 1.53 bits per heavy atom. The van der Waals surface area contributed by atoms with Crippen LogP contribution in [0.3, 0.4) is 0 Å². The summed E-state index contributed by atoms with van der Waals surface area (Å²) in [6, 6.07) is 1.07. The fourth-order valence-electron chi connectivity index (χ4n) is 1.60. The highest BCUT2D eigenvalue weighted by molar-refractivity contribution is 9.10. The molecule has 2 aromatic rings. The molecule has 2 aromatic heterocycles. The number of aryl methyl sites for hydroxylation is 2. The van der Waals surface area contributed by atoms with Gasteiger partial charge in [0.15, 0.2) is 0 Å². The third-order valence-electron chi connectivity index (χ3n) is 2.65. The molecule has 0 radical (unpaired) electrons. The lowest BCUT2D eigenvalue weighted by Crippen LogP contribution is -2.27. The van der Waals surface area contributed by atoms with Gasteiger partial charge in [0.1, 0.15) is 10.6 Å². The lowest BCUT2D eigenvalue weighted by molar-refractivity contribution is -0.117. The maximum atomic E-state index is 12.0. The number of nitrogens with two attached hydrogens (primary N) is 1. The Balaban J connectivity index is 2.10. The standard InChI is InChI=1S/C12H14BrN5O/c1-7-3-9(5-15-11(7)13)17-12(19)10(14)8-4-16-18(2)6-8/h3-6,10H,14H2,1-2H3,(H,17,19). The number of hydrogen-bond donors (Lipinski definition) is 2. The van der Waals surface area contributed by atoms with E-state index in [0.717, 1.165) is 10.2 Å². The monoisotopic (exact) mass is 323 g/mol.